The minimum absolute atomic E-state index is 0.396. The molecule has 96 valence electrons. The third-order valence-electron chi connectivity index (χ3n) is 2.42. The highest BCUT2D eigenvalue weighted by Gasteiger charge is 1.95. The predicted octanol–water partition coefficient (Wildman–Crippen LogP) is 1.46. The van der Waals surface area contributed by atoms with E-state index >= 15 is 0 Å². The molecule has 0 aromatic carbocycles. The fourth-order valence-electron chi connectivity index (χ4n) is 1.46. The Morgan fingerprint density at radius 3 is 2.00 bits per heavy atom. The molecule has 3 heterocycles. The molecule has 0 saturated heterocycles. The highest BCUT2D eigenvalue weighted by molar-refractivity contribution is 5.86. The molecule has 3 aromatic rings. The smallest absolute Gasteiger partial charge is 0.149 e. The van der Waals surface area contributed by atoms with Crippen molar-refractivity contribution >= 4 is 28.2 Å². The number of fused-ring (bicyclic) bond motifs is 1. The Hall–Kier alpha value is -2.89. The fourth-order valence-corrected chi connectivity index (χ4v) is 1.46. The van der Waals surface area contributed by atoms with Gasteiger partial charge in [-0.3, -0.25) is 4.98 Å². The van der Waals surface area contributed by atoms with Crippen LogP contribution in [-0.4, -0.2) is 15.0 Å². The van der Waals surface area contributed by atoms with Gasteiger partial charge in [0.15, 0.2) is 0 Å². The number of hydrogen-bond acceptors (Lipinski definition) is 6. The van der Waals surface area contributed by atoms with Crippen LogP contribution >= 0.6 is 0 Å². The second-order valence-electron chi connectivity index (χ2n) is 3.75. The molecular formula is C13H14N6. The molecule has 0 amide bonds. The lowest BCUT2D eigenvalue weighted by molar-refractivity contribution is 1.32. The third-order valence-corrected chi connectivity index (χ3v) is 2.42. The average Bonchev–Trinajstić information content (AvgIpc) is 2.44. The minimum atomic E-state index is 0.396. The summed E-state index contributed by atoms with van der Waals surface area (Å²) in [7, 11) is 0. The second kappa shape index (κ2) is 5.63. The zero-order valence-corrected chi connectivity index (χ0v) is 10.2. The van der Waals surface area contributed by atoms with E-state index in [0.717, 1.165) is 10.9 Å². The Labute approximate surface area is 110 Å². The van der Waals surface area contributed by atoms with E-state index in [9.17, 15) is 0 Å². The van der Waals surface area contributed by atoms with Crippen molar-refractivity contribution in [3.8, 4) is 0 Å². The van der Waals surface area contributed by atoms with Crippen molar-refractivity contribution in [3.05, 3.63) is 48.9 Å². The first-order valence-electron chi connectivity index (χ1n) is 5.59. The van der Waals surface area contributed by atoms with Gasteiger partial charge in [-0.05, 0) is 24.3 Å². The summed E-state index contributed by atoms with van der Waals surface area (Å²) in [6.45, 7) is 0. The van der Waals surface area contributed by atoms with Crippen LogP contribution in [0.15, 0.2) is 48.9 Å². The minimum Gasteiger partial charge on any atom is -0.396 e. The Kier molecular flexibility index (Phi) is 3.72. The molecule has 19 heavy (non-hydrogen) atoms. The number of nitrogen functional groups attached to an aromatic ring is 3. The summed E-state index contributed by atoms with van der Waals surface area (Å²) < 4.78 is 0. The van der Waals surface area contributed by atoms with E-state index in [1.807, 2.05) is 18.2 Å². The zero-order chi connectivity index (χ0) is 13.7. The molecule has 0 bridgehead atoms. The van der Waals surface area contributed by atoms with E-state index in [1.54, 1.807) is 30.7 Å². The number of anilines is 3. The van der Waals surface area contributed by atoms with E-state index in [0.29, 0.717) is 17.3 Å². The molecular weight excluding hydrogens is 240 g/mol. The quantitative estimate of drug-likeness (QED) is 0.559. The molecule has 3 rings (SSSR count). The molecule has 6 nitrogen and oxygen atoms in total. The van der Waals surface area contributed by atoms with Gasteiger partial charge >= 0.3 is 0 Å². The maximum absolute atomic E-state index is 5.58. The molecule has 0 aliphatic heterocycles. The van der Waals surface area contributed by atoms with Gasteiger partial charge in [-0.25, -0.2) is 9.97 Å². The third kappa shape index (κ3) is 3.06. The van der Waals surface area contributed by atoms with E-state index in [1.165, 1.54) is 0 Å². The molecule has 0 atom stereocenters. The lowest BCUT2D eigenvalue weighted by Gasteiger charge is -1.96. The van der Waals surface area contributed by atoms with Crippen LogP contribution in [0.1, 0.15) is 0 Å². The standard InChI is InChI=1S/C8H7N3.C5H7N3/c9-8-7-6(3-5-11-8)2-1-4-10-7;6-4-2-1-3-8-5(4)7/h1-5H,(H2,9,11);1-3H,6H2,(H2,7,8). The number of pyridine rings is 3. The lowest BCUT2D eigenvalue weighted by Crippen LogP contribution is -1.95. The first-order chi connectivity index (χ1) is 9.18. The summed E-state index contributed by atoms with van der Waals surface area (Å²) in [6.07, 6.45) is 4.99. The molecule has 3 aromatic heterocycles. The molecule has 0 aliphatic rings. The van der Waals surface area contributed by atoms with E-state index in [4.69, 9.17) is 17.2 Å². The van der Waals surface area contributed by atoms with Gasteiger partial charge in [-0.2, -0.15) is 0 Å². The topological polar surface area (TPSA) is 117 Å². The maximum Gasteiger partial charge on any atom is 0.149 e. The first kappa shape index (κ1) is 12.6. The van der Waals surface area contributed by atoms with Crippen LogP contribution in [0.3, 0.4) is 0 Å². The van der Waals surface area contributed by atoms with Crippen LogP contribution in [-0.2, 0) is 0 Å². The Bertz CT molecular complexity index is 656. The summed E-state index contributed by atoms with van der Waals surface area (Å²) in [5.41, 5.74) is 17.5. The van der Waals surface area contributed by atoms with Crippen LogP contribution in [0.25, 0.3) is 10.9 Å². The number of hydrogen-bond donors (Lipinski definition) is 3. The van der Waals surface area contributed by atoms with E-state index in [2.05, 4.69) is 15.0 Å². The van der Waals surface area contributed by atoms with E-state index in [-0.39, 0.29) is 0 Å². The molecule has 0 spiro atoms. The van der Waals surface area contributed by atoms with Crippen molar-refractivity contribution < 1.29 is 0 Å². The van der Waals surface area contributed by atoms with Gasteiger partial charge < -0.3 is 17.2 Å². The molecule has 6 heteroatoms. The van der Waals surface area contributed by atoms with Crippen molar-refractivity contribution in [2.24, 2.45) is 0 Å². The summed E-state index contributed by atoms with van der Waals surface area (Å²) in [4.78, 5) is 11.7. The van der Waals surface area contributed by atoms with Crippen molar-refractivity contribution in [1.29, 1.82) is 0 Å². The SMILES string of the molecule is Nc1cccnc1N.Nc1nccc2cccnc12. The summed E-state index contributed by atoms with van der Waals surface area (Å²) in [5, 5.41) is 1.03. The van der Waals surface area contributed by atoms with Crippen LogP contribution in [0.4, 0.5) is 17.3 Å². The van der Waals surface area contributed by atoms with Gasteiger partial charge in [0.2, 0.25) is 0 Å². The lowest BCUT2D eigenvalue weighted by atomic mass is 10.2. The summed E-state index contributed by atoms with van der Waals surface area (Å²) >= 11 is 0. The molecule has 6 N–H and O–H groups in total. The van der Waals surface area contributed by atoms with Crippen molar-refractivity contribution in [1.82, 2.24) is 15.0 Å². The molecule has 0 radical (unpaired) electrons. The van der Waals surface area contributed by atoms with Crippen LogP contribution in [0, 0.1) is 0 Å². The normalized spacial score (nSPS) is 9.68. The number of aromatic nitrogens is 3. The van der Waals surface area contributed by atoms with Crippen LogP contribution < -0.4 is 17.2 Å². The Morgan fingerprint density at radius 1 is 0.684 bits per heavy atom. The van der Waals surface area contributed by atoms with Gasteiger partial charge in [0.05, 0.1) is 5.69 Å². The number of nitrogens with two attached hydrogens (primary N) is 3. The van der Waals surface area contributed by atoms with Gasteiger partial charge in [-0.15, -0.1) is 0 Å². The Morgan fingerprint density at radius 2 is 1.37 bits per heavy atom. The van der Waals surface area contributed by atoms with Crippen molar-refractivity contribution in [2.45, 2.75) is 0 Å². The fraction of sp³-hybridized carbons (Fsp3) is 0. The summed E-state index contributed by atoms with van der Waals surface area (Å²) in [6, 6.07) is 9.18. The van der Waals surface area contributed by atoms with Crippen LogP contribution in [0.5, 0.6) is 0 Å². The monoisotopic (exact) mass is 254 g/mol. The Balaban J connectivity index is 0.000000148. The molecule has 0 unspecified atom stereocenters. The van der Waals surface area contributed by atoms with Gasteiger partial charge in [-0.1, -0.05) is 6.07 Å². The maximum atomic E-state index is 5.58. The van der Waals surface area contributed by atoms with Crippen molar-refractivity contribution in [3.63, 3.8) is 0 Å². The number of rotatable bonds is 0. The molecule has 0 fully saturated rings. The largest absolute Gasteiger partial charge is 0.396 e. The number of nitrogens with zero attached hydrogens (tertiary/aromatic N) is 3. The van der Waals surface area contributed by atoms with Gasteiger partial charge in [0, 0.05) is 24.0 Å². The van der Waals surface area contributed by atoms with Crippen molar-refractivity contribution in [2.75, 3.05) is 17.2 Å². The molecule has 0 aliphatic carbocycles. The zero-order valence-electron chi connectivity index (χ0n) is 10.2. The van der Waals surface area contributed by atoms with Crippen LogP contribution in [0.2, 0.25) is 0 Å². The average molecular weight is 254 g/mol. The van der Waals surface area contributed by atoms with Gasteiger partial charge in [0.25, 0.3) is 0 Å². The first-order valence-corrected chi connectivity index (χ1v) is 5.59. The predicted molar refractivity (Wildman–Crippen MR) is 77.0 cm³/mol. The second-order valence-corrected chi connectivity index (χ2v) is 3.75. The van der Waals surface area contributed by atoms with Gasteiger partial charge in [0.1, 0.15) is 17.2 Å². The summed E-state index contributed by atoms with van der Waals surface area (Å²) in [5.74, 6) is 0.885. The highest BCUT2D eigenvalue weighted by atomic mass is 14.9. The highest BCUT2D eigenvalue weighted by Crippen LogP contribution is 2.13. The van der Waals surface area contributed by atoms with E-state index < -0.39 is 0 Å². The molecule has 0 saturated carbocycles.